The van der Waals surface area contributed by atoms with E-state index in [1.807, 2.05) is 18.2 Å². The van der Waals surface area contributed by atoms with Gasteiger partial charge < -0.3 is 15.5 Å². The minimum Gasteiger partial charge on any atom is -0.347 e. The van der Waals surface area contributed by atoms with Gasteiger partial charge in [-0.15, -0.1) is 0 Å². The van der Waals surface area contributed by atoms with Gasteiger partial charge in [-0.2, -0.15) is 0 Å². The third-order valence-electron chi connectivity index (χ3n) is 5.51. The van der Waals surface area contributed by atoms with Crippen LogP contribution in [0.3, 0.4) is 0 Å². The Morgan fingerprint density at radius 2 is 1.96 bits per heavy atom. The molecular weight excluding hydrogens is 312 g/mol. The van der Waals surface area contributed by atoms with Crippen LogP contribution >= 0.6 is 0 Å². The van der Waals surface area contributed by atoms with Crippen molar-refractivity contribution in [3.05, 3.63) is 29.8 Å². The number of fused-ring (bicyclic) bond motifs is 1. The molecule has 0 spiro atoms. The van der Waals surface area contributed by atoms with E-state index in [-0.39, 0.29) is 12.5 Å². The van der Waals surface area contributed by atoms with Gasteiger partial charge in [-0.25, -0.2) is 0 Å². The van der Waals surface area contributed by atoms with E-state index in [0.29, 0.717) is 0 Å². The van der Waals surface area contributed by atoms with Crippen molar-refractivity contribution >= 4 is 17.6 Å². The Bertz CT molecular complexity index is 614. The second-order valence-electron chi connectivity index (χ2n) is 7.21. The van der Waals surface area contributed by atoms with E-state index in [2.05, 4.69) is 33.5 Å². The molecule has 5 heteroatoms. The zero-order valence-corrected chi connectivity index (χ0v) is 15.4. The van der Waals surface area contributed by atoms with Gasteiger partial charge in [-0.1, -0.05) is 31.9 Å². The second kappa shape index (κ2) is 8.37. The highest BCUT2D eigenvalue weighted by Gasteiger charge is 2.35. The first-order chi connectivity index (χ1) is 12.2. The summed E-state index contributed by atoms with van der Waals surface area (Å²) in [5.41, 5.74) is 2.08. The first-order valence-electron chi connectivity index (χ1n) is 9.54. The van der Waals surface area contributed by atoms with Crippen molar-refractivity contribution < 1.29 is 4.79 Å². The second-order valence-corrected chi connectivity index (χ2v) is 7.21. The highest BCUT2D eigenvalue weighted by Crippen LogP contribution is 2.35. The third kappa shape index (κ3) is 4.53. The molecule has 2 N–H and O–H groups in total. The molecule has 1 aromatic rings. The lowest BCUT2D eigenvalue weighted by atomic mass is 9.82. The molecule has 1 aliphatic carbocycles. The Kier molecular flexibility index (Phi) is 5.95. The lowest BCUT2D eigenvalue weighted by Crippen LogP contribution is -2.43. The lowest BCUT2D eigenvalue weighted by Gasteiger charge is -2.22. The highest BCUT2D eigenvalue weighted by molar-refractivity contribution is 5.95. The molecule has 1 aromatic carbocycles. The molecule has 2 fully saturated rings. The van der Waals surface area contributed by atoms with Crippen molar-refractivity contribution in [3.63, 3.8) is 0 Å². The number of guanidine groups is 1. The Balaban J connectivity index is 1.50. The number of anilines is 1. The van der Waals surface area contributed by atoms with E-state index in [9.17, 15) is 4.79 Å². The summed E-state index contributed by atoms with van der Waals surface area (Å²) in [6.45, 7) is 4.50. The van der Waals surface area contributed by atoms with E-state index >= 15 is 0 Å². The molecule has 2 unspecified atom stereocenters. The minimum absolute atomic E-state index is 0.0361. The largest absolute Gasteiger partial charge is 0.347 e. The topological polar surface area (TPSA) is 56.7 Å². The number of carbonyl (C=O) groups is 1. The van der Waals surface area contributed by atoms with E-state index in [4.69, 9.17) is 0 Å². The molecule has 2 aliphatic rings. The van der Waals surface area contributed by atoms with Gasteiger partial charge in [0.2, 0.25) is 5.91 Å². The molecule has 25 heavy (non-hydrogen) atoms. The van der Waals surface area contributed by atoms with Crippen molar-refractivity contribution in [3.8, 4) is 0 Å². The Hall–Kier alpha value is -2.04. The predicted octanol–water partition coefficient (Wildman–Crippen LogP) is 2.88. The Morgan fingerprint density at radius 1 is 1.24 bits per heavy atom. The molecule has 5 nitrogen and oxygen atoms in total. The summed E-state index contributed by atoms with van der Waals surface area (Å²) >= 11 is 0. The predicted molar refractivity (Wildman–Crippen MR) is 103 cm³/mol. The number of aryl methyl sites for hydroxylation is 1. The molecule has 0 radical (unpaired) electrons. The van der Waals surface area contributed by atoms with Crippen LogP contribution in [0, 0.1) is 11.8 Å². The summed E-state index contributed by atoms with van der Waals surface area (Å²) < 4.78 is 0. The lowest BCUT2D eigenvalue weighted by molar-refractivity contribution is -0.115. The van der Waals surface area contributed by atoms with Gasteiger partial charge in [0.15, 0.2) is 5.96 Å². The van der Waals surface area contributed by atoms with Crippen LogP contribution in [-0.4, -0.2) is 43.4 Å². The maximum atomic E-state index is 12.3. The van der Waals surface area contributed by atoms with Gasteiger partial charge in [0, 0.05) is 25.8 Å². The summed E-state index contributed by atoms with van der Waals surface area (Å²) in [5.74, 6) is 2.42. The highest BCUT2D eigenvalue weighted by atomic mass is 16.1. The average Bonchev–Trinajstić information content (AvgIpc) is 3.06. The Labute approximate surface area is 150 Å². The number of carbonyl (C=O) groups excluding carboxylic acids is 1. The van der Waals surface area contributed by atoms with E-state index in [0.717, 1.165) is 43.0 Å². The standard InChI is InChI=1S/C20H30N4O/c1-3-15-7-6-10-18(11-15)23-19(25)12-22-20(21-2)24-13-16-8-4-5-9-17(16)14-24/h6-7,10-11,16-17H,3-5,8-9,12-14H2,1-2H3,(H,21,22)(H,23,25). The molecule has 1 amide bonds. The molecule has 2 atom stereocenters. The molecule has 136 valence electrons. The molecule has 3 rings (SSSR count). The summed E-state index contributed by atoms with van der Waals surface area (Å²) in [6, 6.07) is 8.00. The third-order valence-corrected chi connectivity index (χ3v) is 5.51. The fraction of sp³-hybridized carbons (Fsp3) is 0.600. The van der Waals surface area contributed by atoms with Gasteiger partial charge in [0.05, 0.1) is 6.54 Å². The first kappa shape index (κ1) is 17.8. The number of aliphatic imine (C=N–C) groups is 1. The van der Waals surface area contributed by atoms with Crippen molar-refractivity contribution in [2.45, 2.75) is 39.0 Å². The smallest absolute Gasteiger partial charge is 0.243 e. The van der Waals surface area contributed by atoms with Gasteiger partial charge in [-0.3, -0.25) is 9.79 Å². The summed E-state index contributed by atoms with van der Waals surface area (Å²) in [6.07, 6.45) is 6.37. The monoisotopic (exact) mass is 342 g/mol. The number of benzene rings is 1. The summed E-state index contributed by atoms with van der Waals surface area (Å²) in [4.78, 5) is 19.0. The van der Waals surface area contributed by atoms with E-state index < -0.39 is 0 Å². The molecule has 0 bridgehead atoms. The first-order valence-corrected chi connectivity index (χ1v) is 9.54. The van der Waals surface area contributed by atoms with E-state index in [1.54, 1.807) is 7.05 Å². The number of hydrogen-bond acceptors (Lipinski definition) is 2. The van der Waals surface area contributed by atoms with Gasteiger partial charge in [0.25, 0.3) is 0 Å². The van der Waals surface area contributed by atoms with Crippen LogP contribution in [0.5, 0.6) is 0 Å². The van der Waals surface area contributed by atoms with Crippen LogP contribution in [0.15, 0.2) is 29.3 Å². The number of nitrogens with zero attached hydrogens (tertiary/aromatic N) is 2. The number of amides is 1. The fourth-order valence-electron chi connectivity index (χ4n) is 4.14. The Morgan fingerprint density at radius 3 is 2.60 bits per heavy atom. The van der Waals surface area contributed by atoms with Crippen LogP contribution in [0.1, 0.15) is 38.2 Å². The molecule has 1 heterocycles. The quantitative estimate of drug-likeness (QED) is 0.653. The molecular formula is C20H30N4O. The van der Waals surface area contributed by atoms with Crippen LogP contribution in [0.4, 0.5) is 5.69 Å². The van der Waals surface area contributed by atoms with E-state index in [1.165, 1.54) is 31.2 Å². The number of likely N-dealkylation sites (tertiary alicyclic amines) is 1. The zero-order chi connectivity index (χ0) is 17.6. The maximum absolute atomic E-state index is 12.3. The van der Waals surface area contributed by atoms with Gasteiger partial charge in [-0.05, 0) is 48.8 Å². The van der Waals surface area contributed by atoms with Crippen LogP contribution in [0.25, 0.3) is 0 Å². The van der Waals surface area contributed by atoms with Gasteiger partial charge in [0.1, 0.15) is 0 Å². The van der Waals surface area contributed by atoms with Crippen LogP contribution < -0.4 is 10.6 Å². The van der Waals surface area contributed by atoms with Crippen LogP contribution in [0.2, 0.25) is 0 Å². The number of rotatable bonds is 4. The SMILES string of the molecule is CCc1cccc(NC(=O)CNC(=NC)N2CC3CCCCC3C2)c1. The minimum atomic E-state index is -0.0361. The zero-order valence-electron chi connectivity index (χ0n) is 15.4. The van der Waals surface area contributed by atoms with Crippen molar-refractivity contribution in [1.82, 2.24) is 10.2 Å². The normalized spacial score (nSPS) is 23.3. The molecule has 0 aromatic heterocycles. The van der Waals surface area contributed by atoms with Crippen molar-refractivity contribution in [1.29, 1.82) is 0 Å². The van der Waals surface area contributed by atoms with Gasteiger partial charge >= 0.3 is 0 Å². The summed E-state index contributed by atoms with van der Waals surface area (Å²) in [7, 11) is 1.80. The fourth-order valence-corrected chi connectivity index (χ4v) is 4.14. The molecule has 1 saturated heterocycles. The number of nitrogens with one attached hydrogen (secondary N) is 2. The van der Waals surface area contributed by atoms with Crippen molar-refractivity contribution in [2.24, 2.45) is 16.8 Å². The van der Waals surface area contributed by atoms with Crippen LogP contribution in [-0.2, 0) is 11.2 Å². The maximum Gasteiger partial charge on any atom is 0.243 e. The average molecular weight is 342 g/mol. The summed E-state index contributed by atoms with van der Waals surface area (Å²) in [5, 5.41) is 6.20. The molecule has 1 saturated carbocycles. The number of hydrogen-bond donors (Lipinski definition) is 2. The molecule has 1 aliphatic heterocycles. The van der Waals surface area contributed by atoms with Crippen molar-refractivity contribution in [2.75, 3.05) is 32.0 Å².